The third-order valence-electron chi connectivity index (χ3n) is 5.31. The molecule has 0 aromatic carbocycles. The summed E-state index contributed by atoms with van der Waals surface area (Å²) in [4.78, 5) is 19.5. The van der Waals surface area contributed by atoms with Crippen molar-refractivity contribution in [2.45, 2.75) is 64.2 Å². The van der Waals surface area contributed by atoms with Crippen molar-refractivity contribution in [1.29, 1.82) is 0 Å². The number of aromatic nitrogens is 1. The highest BCUT2D eigenvalue weighted by Gasteiger charge is 2.35. The first kappa shape index (κ1) is 18.5. The van der Waals surface area contributed by atoms with Crippen LogP contribution in [-0.2, 0) is 13.1 Å². The molecule has 0 radical (unpaired) electrons. The Labute approximate surface area is 154 Å². The van der Waals surface area contributed by atoms with E-state index in [1.54, 1.807) is 7.11 Å². The molecule has 0 bridgehead atoms. The average Bonchev–Trinajstić information content (AvgIpc) is 3.25. The second-order valence-electron chi connectivity index (χ2n) is 7.09. The Balaban J connectivity index is 1.73. The van der Waals surface area contributed by atoms with Gasteiger partial charge in [0.25, 0.3) is 5.91 Å². The third kappa shape index (κ3) is 4.11. The van der Waals surface area contributed by atoms with Crippen molar-refractivity contribution in [3.8, 4) is 5.88 Å². The van der Waals surface area contributed by atoms with Crippen molar-refractivity contribution in [1.82, 2.24) is 15.2 Å². The zero-order valence-corrected chi connectivity index (χ0v) is 16.3. The Bertz CT molecular complexity index is 617. The molecule has 1 aliphatic carbocycles. The molecule has 1 amide bonds. The molecule has 2 heterocycles. The van der Waals surface area contributed by atoms with E-state index in [1.807, 2.05) is 22.7 Å². The van der Waals surface area contributed by atoms with Crippen LogP contribution in [0, 0.1) is 0 Å². The smallest absolute Gasteiger partial charge is 0.256 e. The van der Waals surface area contributed by atoms with Crippen molar-refractivity contribution in [3.63, 3.8) is 0 Å². The van der Waals surface area contributed by atoms with Crippen LogP contribution < -0.4 is 10.1 Å². The van der Waals surface area contributed by atoms with Gasteiger partial charge in [-0.2, -0.15) is 11.8 Å². The summed E-state index contributed by atoms with van der Waals surface area (Å²) in [5.41, 5.74) is 2.60. The first-order valence-electron chi connectivity index (χ1n) is 9.24. The molecule has 1 aliphatic heterocycles. The number of methoxy groups -OCH3 is 1. The minimum atomic E-state index is 0.147. The topological polar surface area (TPSA) is 54.5 Å². The fourth-order valence-electron chi connectivity index (χ4n) is 3.76. The Morgan fingerprint density at radius 2 is 2.20 bits per heavy atom. The molecule has 1 aromatic rings. The summed E-state index contributed by atoms with van der Waals surface area (Å²) in [5.74, 6) is 1.93. The van der Waals surface area contributed by atoms with Gasteiger partial charge < -0.3 is 15.0 Å². The number of nitrogens with one attached hydrogen (secondary N) is 1. The van der Waals surface area contributed by atoms with Crippen LogP contribution in [0.1, 0.15) is 60.6 Å². The second kappa shape index (κ2) is 8.41. The van der Waals surface area contributed by atoms with Crippen LogP contribution >= 0.6 is 11.8 Å². The van der Waals surface area contributed by atoms with Crippen molar-refractivity contribution in [3.05, 3.63) is 22.9 Å². The molecule has 1 saturated carbocycles. The molecule has 1 aromatic heterocycles. The SMILES string of the molecule is COc1nc2c(cc1CNC(C)CCSC)C(=O)N(C1CCCC1)C2. The molecule has 1 atom stereocenters. The number of ether oxygens (including phenoxy) is 1. The highest BCUT2D eigenvalue weighted by Crippen LogP contribution is 2.33. The lowest BCUT2D eigenvalue weighted by Crippen LogP contribution is -2.33. The molecular formula is C19H29N3O2S. The van der Waals surface area contributed by atoms with E-state index in [9.17, 15) is 4.79 Å². The lowest BCUT2D eigenvalue weighted by Gasteiger charge is -2.22. The van der Waals surface area contributed by atoms with E-state index in [4.69, 9.17) is 4.74 Å². The van der Waals surface area contributed by atoms with E-state index in [0.29, 0.717) is 31.1 Å². The van der Waals surface area contributed by atoms with Crippen LogP contribution in [0.3, 0.4) is 0 Å². The van der Waals surface area contributed by atoms with Gasteiger partial charge in [0.2, 0.25) is 5.88 Å². The number of carbonyl (C=O) groups is 1. The highest BCUT2D eigenvalue weighted by molar-refractivity contribution is 7.98. The highest BCUT2D eigenvalue weighted by atomic mass is 32.2. The van der Waals surface area contributed by atoms with Gasteiger partial charge in [0.1, 0.15) is 0 Å². The zero-order valence-electron chi connectivity index (χ0n) is 15.5. The molecule has 3 rings (SSSR count). The number of thioether (sulfide) groups is 1. The normalized spacial score (nSPS) is 18.7. The molecule has 25 heavy (non-hydrogen) atoms. The van der Waals surface area contributed by atoms with Crippen LogP contribution in [0.25, 0.3) is 0 Å². The zero-order chi connectivity index (χ0) is 17.8. The van der Waals surface area contributed by atoms with Gasteiger partial charge in [-0.1, -0.05) is 12.8 Å². The maximum absolute atomic E-state index is 12.8. The third-order valence-corrected chi connectivity index (χ3v) is 5.95. The lowest BCUT2D eigenvalue weighted by atomic mass is 10.1. The number of hydrogen-bond acceptors (Lipinski definition) is 5. The summed E-state index contributed by atoms with van der Waals surface area (Å²) in [6, 6.07) is 2.81. The minimum absolute atomic E-state index is 0.147. The number of fused-ring (bicyclic) bond motifs is 1. The standard InChI is InChI=1S/C19H29N3O2S/c1-13(8-9-25-3)20-11-14-10-16-17(21-18(14)24-2)12-22(19(16)23)15-6-4-5-7-15/h10,13,15,20H,4-9,11-12H2,1-3H3. The molecule has 1 unspecified atom stereocenters. The first-order valence-corrected chi connectivity index (χ1v) is 10.6. The number of carbonyl (C=O) groups excluding carboxylic acids is 1. The summed E-state index contributed by atoms with van der Waals surface area (Å²) < 4.78 is 5.49. The van der Waals surface area contributed by atoms with Crippen LogP contribution in [0.5, 0.6) is 5.88 Å². The maximum atomic E-state index is 12.8. The molecule has 6 heteroatoms. The molecular weight excluding hydrogens is 334 g/mol. The minimum Gasteiger partial charge on any atom is -0.481 e. The van der Waals surface area contributed by atoms with Crippen LogP contribution in [0.15, 0.2) is 6.07 Å². The van der Waals surface area contributed by atoms with Crippen molar-refractivity contribution < 1.29 is 9.53 Å². The quantitative estimate of drug-likeness (QED) is 0.768. The Morgan fingerprint density at radius 1 is 1.44 bits per heavy atom. The van der Waals surface area contributed by atoms with Gasteiger partial charge in [-0.15, -0.1) is 0 Å². The van der Waals surface area contributed by atoms with E-state index < -0.39 is 0 Å². The summed E-state index contributed by atoms with van der Waals surface area (Å²) in [5, 5.41) is 3.52. The predicted octanol–water partition coefficient (Wildman–Crippen LogP) is 3.22. The van der Waals surface area contributed by atoms with Crippen LogP contribution in [0.4, 0.5) is 0 Å². The molecule has 0 saturated heterocycles. The maximum Gasteiger partial charge on any atom is 0.256 e. The second-order valence-corrected chi connectivity index (χ2v) is 8.07. The number of pyridine rings is 1. The van der Waals surface area contributed by atoms with E-state index in [1.165, 1.54) is 12.8 Å². The van der Waals surface area contributed by atoms with Gasteiger partial charge in [0.05, 0.1) is 24.9 Å². The molecule has 1 fully saturated rings. The largest absolute Gasteiger partial charge is 0.481 e. The summed E-state index contributed by atoms with van der Waals surface area (Å²) in [6.07, 6.45) is 7.95. The molecule has 2 aliphatic rings. The van der Waals surface area contributed by atoms with Crippen LogP contribution in [0.2, 0.25) is 0 Å². The lowest BCUT2D eigenvalue weighted by molar-refractivity contribution is 0.0706. The van der Waals surface area contributed by atoms with E-state index in [0.717, 1.165) is 41.8 Å². The average molecular weight is 364 g/mol. The van der Waals surface area contributed by atoms with Gasteiger partial charge in [-0.05, 0) is 44.3 Å². The summed E-state index contributed by atoms with van der Waals surface area (Å²) >= 11 is 1.86. The first-order chi connectivity index (χ1) is 12.1. The fourth-order valence-corrected chi connectivity index (χ4v) is 4.35. The van der Waals surface area contributed by atoms with Crippen LogP contribution in [-0.4, -0.2) is 47.0 Å². The van der Waals surface area contributed by atoms with Gasteiger partial charge in [-0.3, -0.25) is 4.79 Å². The molecule has 5 nitrogen and oxygen atoms in total. The van der Waals surface area contributed by atoms with Crippen molar-refractivity contribution >= 4 is 17.7 Å². The Kier molecular flexibility index (Phi) is 6.23. The monoisotopic (exact) mass is 363 g/mol. The van der Waals surface area contributed by atoms with Gasteiger partial charge in [-0.25, -0.2) is 4.98 Å². The number of rotatable bonds is 8. The van der Waals surface area contributed by atoms with Gasteiger partial charge >= 0.3 is 0 Å². The summed E-state index contributed by atoms with van der Waals surface area (Å²) in [6.45, 7) is 3.50. The number of hydrogen-bond donors (Lipinski definition) is 1. The Hall–Kier alpha value is -1.27. The number of nitrogens with zero attached hydrogens (tertiary/aromatic N) is 2. The Morgan fingerprint density at radius 3 is 2.88 bits per heavy atom. The van der Waals surface area contributed by atoms with E-state index >= 15 is 0 Å². The molecule has 138 valence electrons. The van der Waals surface area contributed by atoms with Gasteiger partial charge in [0.15, 0.2) is 0 Å². The number of amides is 1. The fraction of sp³-hybridized carbons (Fsp3) is 0.684. The molecule has 0 spiro atoms. The molecule has 1 N–H and O–H groups in total. The van der Waals surface area contributed by atoms with Crippen molar-refractivity contribution in [2.75, 3.05) is 19.1 Å². The van der Waals surface area contributed by atoms with Gasteiger partial charge in [0, 0.05) is 24.2 Å². The predicted molar refractivity (Wildman–Crippen MR) is 102 cm³/mol. The summed E-state index contributed by atoms with van der Waals surface area (Å²) in [7, 11) is 1.65. The van der Waals surface area contributed by atoms with E-state index in [-0.39, 0.29) is 5.91 Å². The van der Waals surface area contributed by atoms with Crippen molar-refractivity contribution in [2.24, 2.45) is 0 Å². The van der Waals surface area contributed by atoms with E-state index in [2.05, 4.69) is 23.5 Å².